The number of carbonyl (C=O) groups excluding carboxylic acids is 1. The van der Waals surface area contributed by atoms with Gasteiger partial charge in [0.2, 0.25) is 0 Å². The van der Waals surface area contributed by atoms with Crippen LogP contribution in [0.25, 0.3) is 0 Å². The number of amides is 1. The summed E-state index contributed by atoms with van der Waals surface area (Å²) in [4.78, 5) is 14.1. The van der Waals surface area contributed by atoms with E-state index in [4.69, 9.17) is 5.73 Å². The zero-order valence-corrected chi connectivity index (χ0v) is 5.87. The normalized spacial score (nSPS) is 11.9. The molecule has 0 aliphatic carbocycles. The molecule has 0 spiro atoms. The van der Waals surface area contributed by atoms with Gasteiger partial charge in [0.15, 0.2) is 0 Å². The molecule has 1 amide bonds. The van der Waals surface area contributed by atoms with Crippen LogP contribution in [0.2, 0.25) is 0 Å². The summed E-state index contributed by atoms with van der Waals surface area (Å²) in [6.07, 6.45) is 4.50. The summed E-state index contributed by atoms with van der Waals surface area (Å²) in [5, 5.41) is 0. The molecule has 0 saturated heterocycles. The molecule has 10 heavy (non-hydrogen) atoms. The Morgan fingerprint density at radius 1 is 1.70 bits per heavy atom. The third-order valence-corrected chi connectivity index (χ3v) is 0.807. The van der Waals surface area contributed by atoms with Crippen LogP contribution in [0.15, 0.2) is 29.9 Å². The van der Waals surface area contributed by atoms with Crippen LogP contribution in [0.5, 0.6) is 0 Å². The first-order valence-corrected chi connectivity index (χ1v) is 2.83. The number of hydrogen-bond donors (Lipinski definition) is 1. The van der Waals surface area contributed by atoms with Crippen molar-refractivity contribution in [1.82, 2.24) is 0 Å². The van der Waals surface area contributed by atoms with Gasteiger partial charge in [-0.2, -0.15) is 0 Å². The van der Waals surface area contributed by atoms with Gasteiger partial charge in [-0.1, -0.05) is 12.7 Å². The predicted molar refractivity (Wildman–Crippen MR) is 41.6 cm³/mol. The average Bonchev–Trinajstić information content (AvgIpc) is 1.87. The summed E-state index contributed by atoms with van der Waals surface area (Å²) in [6.45, 7) is 5.12. The van der Waals surface area contributed by atoms with Crippen molar-refractivity contribution >= 4 is 11.6 Å². The van der Waals surface area contributed by atoms with Gasteiger partial charge < -0.3 is 5.73 Å². The Bertz CT molecular complexity index is 192. The highest BCUT2D eigenvalue weighted by Crippen LogP contribution is 1.81. The van der Waals surface area contributed by atoms with Crippen LogP contribution in [0, 0.1) is 0 Å². The molecule has 0 aromatic heterocycles. The number of aliphatic imine (C=N–C) groups is 1. The van der Waals surface area contributed by atoms with Gasteiger partial charge in [0, 0.05) is 6.20 Å². The summed E-state index contributed by atoms with van der Waals surface area (Å²) in [5.41, 5.74) is 5.16. The molecule has 0 saturated carbocycles. The molecule has 0 aliphatic heterocycles. The fourth-order valence-corrected chi connectivity index (χ4v) is 0.445. The van der Waals surface area contributed by atoms with Crippen molar-refractivity contribution in [3.8, 4) is 0 Å². The molecule has 3 nitrogen and oxygen atoms in total. The molecule has 0 heterocycles. The lowest BCUT2D eigenvalue weighted by Crippen LogP contribution is -2.20. The highest BCUT2D eigenvalue weighted by atomic mass is 16.1. The summed E-state index contributed by atoms with van der Waals surface area (Å²) in [6, 6.07) is 0. The van der Waals surface area contributed by atoms with Crippen molar-refractivity contribution in [3.05, 3.63) is 24.9 Å². The molecule has 0 aromatic carbocycles. The van der Waals surface area contributed by atoms with Gasteiger partial charge in [-0.15, -0.1) is 0 Å². The highest BCUT2D eigenvalue weighted by Gasteiger charge is 1.98. The molecule has 2 N–H and O–H groups in total. The lowest BCUT2D eigenvalue weighted by atomic mass is 10.3. The largest absolute Gasteiger partial charge is 0.364 e. The van der Waals surface area contributed by atoms with Crippen LogP contribution in [-0.4, -0.2) is 11.6 Å². The van der Waals surface area contributed by atoms with Crippen LogP contribution in [0.3, 0.4) is 0 Å². The number of allylic oxidation sites excluding steroid dienone is 1. The van der Waals surface area contributed by atoms with E-state index in [2.05, 4.69) is 11.6 Å². The minimum atomic E-state index is -0.544. The second-order valence-corrected chi connectivity index (χ2v) is 1.56. The quantitative estimate of drug-likeness (QED) is 0.571. The molecule has 3 heteroatoms. The molecule has 0 unspecified atom stereocenters. The second-order valence-electron chi connectivity index (χ2n) is 1.56. The Balaban J connectivity index is 4.41. The fraction of sp³-hybridized carbons (Fsp3) is 0.143. The van der Waals surface area contributed by atoms with E-state index in [0.29, 0.717) is 0 Å². The molecule has 0 rings (SSSR count). The maximum absolute atomic E-state index is 10.5. The van der Waals surface area contributed by atoms with Gasteiger partial charge in [-0.25, -0.2) is 0 Å². The number of hydrogen-bond acceptors (Lipinski definition) is 2. The summed E-state index contributed by atoms with van der Waals surface area (Å²) in [5.74, 6) is -0.544. The molecular formula is C7H10N2O. The smallest absolute Gasteiger partial charge is 0.267 e. The van der Waals surface area contributed by atoms with E-state index in [1.54, 1.807) is 13.0 Å². The number of carbonyl (C=O) groups is 1. The van der Waals surface area contributed by atoms with E-state index >= 15 is 0 Å². The van der Waals surface area contributed by atoms with E-state index in [9.17, 15) is 4.79 Å². The van der Waals surface area contributed by atoms with Gasteiger partial charge >= 0.3 is 0 Å². The van der Waals surface area contributed by atoms with Gasteiger partial charge in [0.25, 0.3) is 5.91 Å². The Morgan fingerprint density at radius 2 is 2.30 bits per heavy atom. The minimum absolute atomic E-state index is 0.220. The Hall–Kier alpha value is -1.38. The second kappa shape index (κ2) is 4.49. The fourth-order valence-electron chi connectivity index (χ4n) is 0.445. The van der Waals surface area contributed by atoms with Crippen LogP contribution in [0.1, 0.15) is 6.92 Å². The molecule has 0 bridgehead atoms. The molecule has 54 valence electrons. The maximum Gasteiger partial charge on any atom is 0.267 e. The number of nitrogens with zero attached hydrogens (tertiary/aromatic N) is 1. The summed E-state index contributed by atoms with van der Waals surface area (Å²) >= 11 is 0. The van der Waals surface area contributed by atoms with Crippen LogP contribution < -0.4 is 5.73 Å². The Labute approximate surface area is 59.9 Å². The van der Waals surface area contributed by atoms with Crippen molar-refractivity contribution < 1.29 is 4.79 Å². The van der Waals surface area contributed by atoms with E-state index in [0.717, 1.165) is 0 Å². The maximum atomic E-state index is 10.5. The van der Waals surface area contributed by atoms with Gasteiger partial charge in [-0.3, -0.25) is 9.79 Å². The first-order chi connectivity index (χ1) is 4.72. The van der Waals surface area contributed by atoms with Gasteiger partial charge in [0.1, 0.15) is 5.71 Å². The van der Waals surface area contributed by atoms with Crippen molar-refractivity contribution in [1.29, 1.82) is 0 Å². The van der Waals surface area contributed by atoms with Crippen molar-refractivity contribution in [2.24, 2.45) is 10.7 Å². The van der Waals surface area contributed by atoms with E-state index in [1.807, 2.05) is 0 Å². The lowest BCUT2D eigenvalue weighted by Gasteiger charge is -1.89. The van der Waals surface area contributed by atoms with E-state index < -0.39 is 5.91 Å². The van der Waals surface area contributed by atoms with Gasteiger partial charge in [0.05, 0.1) is 0 Å². The third-order valence-electron chi connectivity index (χ3n) is 0.807. The SMILES string of the molecule is C=CN=C(/C=C\C)C(N)=O. The number of primary amides is 1. The van der Waals surface area contributed by atoms with Crippen LogP contribution in [0.4, 0.5) is 0 Å². The first kappa shape index (κ1) is 8.62. The predicted octanol–water partition coefficient (Wildman–Crippen LogP) is 0.632. The topological polar surface area (TPSA) is 55.4 Å². The summed E-state index contributed by atoms with van der Waals surface area (Å²) < 4.78 is 0. The Kier molecular flexibility index (Phi) is 3.87. The first-order valence-electron chi connectivity index (χ1n) is 2.83. The number of nitrogens with two attached hydrogens (primary N) is 1. The third kappa shape index (κ3) is 2.81. The van der Waals surface area contributed by atoms with Crippen molar-refractivity contribution in [3.63, 3.8) is 0 Å². The van der Waals surface area contributed by atoms with E-state index in [-0.39, 0.29) is 5.71 Å². The lowest BCUT2D eigenvalue weighted by molar-refractivity contribution is -0.111. The summed E-state index contributed by atoms with van der Waals surface area (Å²) in [7, 11) is 0. The molecule has 0 aromatic rings. The molecule has 0 radical (unpaired) electrons. The monoisotopic (exact) mass is 138 g/mol. The molecule has 0 aliphatic rings. The van der Waals surface area contributed by atoms with Crippen molar-refractivity contribution in [2.45, 2.75) is 6.92 Å². The molecular weight excluding hydrogens is 128 g/mol. The standard InChI is InChI=1S/C7H10N2O/c1-3-5-6(7(8)10)9-4-2/h3-5H,2H2,1H3,(H2,8,10)/b5-3-,9-6?. The zero-order chi connectivity index (χ0) is 7.98. The van der Waals surface area contributed by atoms with Gasteiger partial charge in [-0.05, 0) is 13.0 Å². The zero-order valence-electron chi connectivity index (χ0n) is 5.87. The number of rotatable bonds is 3. The van der Waals surface area contributed by atoms with Crippen LogP contribution in [-0.2, 0) is 4.79 Å². The Morgan fingerprint density at radius 3 is 2.60 bits per heavy atom. The average molecular weight is 138 g/mol. The van der Waals surface area contributed by atoms with E-state index in [1.165, 1.54) is 12.3 Å². The van der Waals surface area contributed by atoms with Crippen molar-refractivity contribution in [2.75, 3.05) is 0 Å². The molecule has 0 fully saturated rings. The van der Waals surface area contributed by atoms with Crippen LogP contribution >= 0.6 is 0 Å². The molecule has 0 atom stereocenters. The minimum Gasteiger partial charge on any atom is -0.364 e. The highest BCUT2D eigenvalue weighted by molar-refractivity contribution is 6.42.